The Balaban J connectivity index is 2.00. The second kappa shape index (κ2) is 8.54. The fourth-order valence-electron chi connectivity index (χ4n) is 4.58. The molecule has 0 bridgehead atoms. The number of nitrogens with zero attached hydrogens (tertiary/aromatic N) is 2. The number of nitrogens with two attached hydrogens (primary N) is 1. The quantitative estimate of drug-likeness (QED) is 0.168. The predicted octanol–water partition coefficient (Wildman–Crippen LogP) is 5.13. The average molecular weight is 453 g/mol. The van der Waals surface area contributed by atoms with Crippen LogP contribution in [0, 0.1) is 0 Å². The van der Waals surface area contributed by atoms with Crippen molar-refractivity contribution in [2.45, 2.75) is 5.54 Å². The van der Waals surface area contributed by atoms with Gasteiger partial charge >= 0.3 is 0 Å². The van der Waals surface area contributed by atoms with E-state index in [1.807, 2.05) is 59.2 Å². The lowest BCUT2D eigenvalue weighted by Gasteiger charge is -2.38. The molecule has 5 aromatic rings. The van der Waals surface area contributed by atoms with Crippen LogP contribution in [0.5, 0.6) is 0 Å². The number of hydrogen-bond donors (Lipinski definition) is 2. The van der Waals surface area contributed by atoms with Crippen LogP contribution in [0.4, 0.5) is 0 Å². The van der Waals surface area contributed by atoms with Crippen molar-refractivity contribution in [1.29, 1.82) is 0 Å². The summed E-state index contributed by atoms with van der Waals surface area (Å²) in [6.45, 7) is 0. The first kappa shape index (κ1) is 20.9. The Morgan fingerprint density at radius 2 is 1.30 bits per heavy atom. The van der Waals surface area contributed by atoms with Gasteiger partial charge in [-0.05, 0) is 22.8 Å². The summed E-state index contributed by atoms with van der Waals surface area (Å²) in [5.41, 5.74) is 5.40. The van der Waals surface area contributed by atoms with Crippen molar-refractivity contribution in [3.8, 4) is 0 Å². The molecule has 0 fully saturated rings. The molecule has 3 aromatic carbocycles. The topological polar surface area (TPSA) is 72.9 Å². The highest BCUT2D eigenvalue weighted by Gasteiger charge is 2.40. The van der Waals surface area contributed by atoms with Crippen LogP contribution in [0.25, 0.3) is 11.0 Å². The molecular weight excluding hydrogens is 432 g/mol. The summed E-state index contributed by atoms with van der Waals surface area (Å²) in [4.78, 5) is 17.5. The summed E-state index contributed by atoms with van der Waals surface area (Å²) in [6, 6.07) is 32.2. The number of hydrogen-bond acceptors (Lipinski definition) is 3. The number of benzene rings is 3. The minimum atomic E-state index is -0.827. The van der Waals surface area contributed by atoms with Crippen LogP contribution in [-0.2, 0) is 5.54 Å². The zero-order valence-electron chi connectivity index (χ0n) is 17.7. The number of amides is 1. The highest BCUT2D eigenvalue weighted by Crippen LogP contribution is 2.44. The van der Waals surface area contributed by atoms with Crippen LogP contribution in [0.3, 0.4) is 0 Å². The van der Waals surface area contributed by atoms with Crippen molar-refractivity contribution >= 4 is 28.5 Å². The van der Waals surface area contributed by atoms with Crippen molar-refractivity contribution in [3.63, 3.8) is 0 Å². The predicted molar refractivity (Wildman–Crippen MR) is 131 cm³/mol. The monoisotopic (exact) mass is 452 g/mol. The van der Waals surface area contributed by atoms with E-state index in [0.29, 0.717) is 21.6 Å². The Kier molecular flexibility index (Phi) is 5.42. The van der Waals surface area contributed by atoms with E-state index >= 15 is 0 Å². The highest BCUT2D eigenvalue weighted by molar-refractivity contribution is 6.36. The Labute approximate surface area is 196 Å². The summed E-state index contributed by atoms with van der Waals surface area (Å²) in [7, 11) is 0. The van der Waals surface area contributed by atoms with Gasteiger partial charge in [0.2, 0.25) is 0 Å². The maximum absolute atomic E-state index is 12.8. The molecule has 0 unspecified atom stereocenters. The first-order chi connectivity index (χ1) is 16.2. The standard InChI is InChI=1S/C27H21ClN4O/c28-23-16-17-30-25-24(23)22(26(33)31-29)18-32(25)27(19-10-4-1-5-11-19,20-12-6-2-7-13-20)21-14-8-3-9-15-21/h1-18H,29H2,(H,31,33). The van der Waals surface area contributed by atoms with E-state index in [0.717, 1.165) is 16.7 Å². The number of pyridine rings is 1. The summed E-state index contributed by atoms with van der Waals surface area (Å²) < 4.78 is 2.03. The highest BCUT2D eigenvalue weighted by atomic mass is 35.5. The van der Waals surface area contributed by atoms with E-state index in [-0.39, 0.29) is 0 Å². The molecule has 0 radical (unpaired) electrons. The zero-order valence-corrected chi connectivity index (χ0v) is 18.4. The van der Waals surface area contributed by atoms with Crippen LogP contribution in [-0.4, -0.2) is 15.5 Å². The van der Waals surface area contributed by atoms with Gasteiger partial charge in [-0.3, -0.25) is 10.2 Å². The van der Waals surface area contributed by atoms with E-state index < -0.39 is 11.4 Å². The molecule has 5 rings (SSSR count). The minimum Gasteiger partial charge on any atom is -0.313 e. The molecule has 2 aromatic heterocycles. The van der Waals surface area contributed by atoms with Gasteiger partial charge in [-0.2, -0.15) is 0 Å². The molecule has 3 N–H and O–H groups in total. The Morgan fingerprint density at radius 3 is 1.76 bits per heavy atom. The third-order valence-electron chi connectivity index (χ3n) is 5.95. The van der Waals surface area contributed by atoms with E-state index in [9.17, 15) is 4.79 Å². The van der Waals surface area contributed by atoms with E-state index in [1.165, 1.54) is 0 Å². The summed E-state index contributed by atoms with van der Waals surface area (Å²) >= 11 is 6.59. The molecular formula is C27H21ClN4O. The van der Waals surface area contributed by atoms with Gasteiger partial charge in [0.15, 0.2) is 0 Å². The number of carbonyl (C=O) groups excluding carboxylic acids is 1. The number of rotatable bonds is 5. The fourth-order valence-corrected chi connectivity index (χ4v) is 4.82. The summed E-state index contributed by atoms with van der Waals surface area (Å²) in [5.74, 6) is 5.09. The molecule has 0 saturated heterocycles. The van der Waals surface area contributed by atoms with Gasteiger partial charge in [0.1, 0.15) is 11.2 Å². The van der Waals surface area contributed by atoms with Gasteiger partial charge in [0, 0.05) is 12.4 Å². The third kappa shape index (κ3) is 3.30. The lowest BCUT2D eigenvalue weighted by Crippen LogP contribution is -2.37. The van der Waals surface area contributed by atoms with Gasteiger partial charge in [-0.1, -0.05) is 103 Å². The van der Waals surface area contributed by atoms with E-state index in [4.69, 9.17) is 17.4 Å². The first-order valence-electron chi connectivity index (χ1n) is 10.5. The van der Waals surface area contributed by atoms with Gasteiger partial charge in [-0.15, -0.1) is 0 Å². The molecule has 0 saturated carbocycles. The number of nitrogen functional groups attached to an aromatic ring is 1. The van der Waals surface area contributed by atoms with Crippen LogP contribution >= 0.6 is 11.6 Å². The largest absolute Gasteiger partial charge is 0.313 e. The van der Waals surface area contributed by atoms with Gasteiger partial charge in [-0.25, -0.2) is 10.8 Å². The van der Waals surface area contributed by atoms with Crippen molar-refractivity contribution < 1.29 is 4.79 Å². The van der Waals surface area contributed by atoms with Crippen LogP contribution in [0.1, 0.15) is 27.0 Å². The normalized spacial score (nSPS) is 11.5. The average Bonchev–Trinajstić information content (AvgIpc) is 3.27. The SMILES string of the molecule is NNC(=O)c1cn(C(c2ccccc2)(c2ccccc2)c2ccccc2)c2nccc(Cl)c12. The lowest BCUT2D eigenvalue weighted by molar-refractivity contribution is 0.0955. The van der Waals surface area contributed by atoms with Gasteiger partial charge in [0.05, 0.1) is 16.0 Å². The van der Waals surface area contributed by atoms with Crippen molar-refractivity contribution in [2.75, 3.05) is 0 Å². The van der Waals surface area contributed by atoms with Crippen LogP contribution < -0.4 is 11.3 Å². The number of nitrogens with one attached hydrogen (secondary N) is 1. The van der Waals surface area contributed by atoms with Crippen LogP contribution in [0.2, 0.25) is 5.02 Å². The molecule has 6 heteroatoms. The molecule has 2 heterocycles. The minimum absolute atomic E-state index is 0.359. The Morgan fingerprint density at radius 1 is 0.818 bits per heavy atom. The molecule has 0 aliphatic carbocycles. The molecule has 33 heavy (non-hydrogen) atoms. The number of hydrazine groups is 1. The molecule has 0 aliphatic heterocycles. The second-order valence-corrected chi connectivity index (χ2v) is 8.09. The molecule has 0 aliphatic rings. The fraction of sp³-hybridized carbons (Fsp3) is 0.0370. The molecule has 5 nitrogen and oxygen atoms in total. The van der Waals surface area contributed by atoms with Crippen LogP contribution in [0.15, 0.2) is 109 Å². The van der Waals surface area contributed by atoms with E-state index in [1.54, 1.807) is 18.5 Å². The van der Waals surface area contributed by atoms with Crippen molar-refractivity contribution in [1.82, 2.24) is 15.0 Å². The number of aromatic nitrogens is 2. The van der Waals surface area contributed by atoms with E-state index in [2.05, 4.69) is 46.8 Å². The van der Waals surface area contributed by atoms with Crippen molar-refractivity contribution in [2.24, 2.45) is 5.84 Å². The summed E-state index contributed by atoms with van der Waals surface area (Å²) in [5, 5.41) is 0.981. The molecule has 0 spiro atoms. The lowest BCUT2D eigenvalue weighted by atomic mass is 9.76. The zero-order chi connectivity index (χ0) is 22.8. The molecule has 162 valence electrons. The Hall–Kier alpha value is -3.93. The second-order valence-electron chi connectivity index (χ2n) is 7.69. The molecule has 0 atom stereocenters. The maximum atomic E-state index is 12.8. The maximum Gasteiger partial charge on any atom is 0.267 e. The summed E-state index contributed by atoms with van der Waals surface area (Å²) in [6.07, 6.45) is 3.44. The van der Waals surface area contributed by atoms with Gasteiger partial charge in [0.25, 0.3) is 5.91 Å². The third-order valence-corrected chi connectivity index (χ3v) is 6.26. The number of halogens is 1. The Bertz CT molecular complexity index is 1320. The number of fused-ring (bicyclic) bond motifs is 1. The molecule has 1 amide bonds. The first-order valence-corrected chi connectivity index (χ1v) is 10.9. The van der Waals surface area contributed by atoms with Crippen molar-refractivity contribution in [3.05, 3.63) is 137 Å². The smallest absolute Gasteiger partial charge is 0.267 e. The van der Waals surface area contributed by atoms with Gasteiger partial charge < -0.3 is 4.57 Å². The number of carbonyl (C=O) groups is 1.